The highest BCUT2D eigenvalue weighted by atomic mass is 16.2. The molecule has 0 spiro atoms. The normalized spacial score (nSPS) is 17.3. The van der Waals surface area contributed by atoms with E-state index in [4.69, 9.17) is 0 Å². The van der Waals surface area contributed by atoms with Crippen LogP contribution in [0.1, 0.15) is 18.4 Å². The van der Waals surface area contributed by atoms with E-state index in [2.05, 4.69) is 17.3 Å². The second-order valence-electron chi connectivity index (χ2n) is 5.34. The van der Waals surface area contributed by atoms with Gasteiger partial charge in [0.2, 0.25) is 0 Å². The number of amides is 2. The predicted octanol–water partition coefficient (Wildman–Crippen LogP) is 2.39. The maximum Gasteiger partial charge on any atom is 0.321 e. The van der Waals surface area contributed by atoms with Gasteiger partial charge in [0.25, 0.3) is 0 Å². The van der Waals surface area contributed by atoms with Crippen molar-refractivity contribution in [2.75, 3.05) is 27.2 Å². The second kappa shape index (κ2) is 7.10. The highest BCUT2D eigenvalue weighted by Crippen LogP contribution is 2.14. The largest absolute Gasteiger partial charge is 0.325 e. The quantitative estimate of drug-likeness (QED) is 0.918. The fraction of sp³-hybridized carbons (Fsp3) is 0.438. The average molecular weight is 273 g/mol. The number of hydrogen-bond acceptors (Lipinski definition) is 2. The number of benzene rings is 1. The third-order valence-corrected chi connectivity index (χ3v) is 3.84. The molecular weight excluding hydrogens is 250 g/mol. The Morgan fingerprint density at radius 3 is 2.60 bits per heavy atom. The monoisotopic (exact) mass is 273 g/mol. The Labute approximate surface area is 121 Å². The highest BCUT2D eigenvalue weighted by molar-refractivity contribution is 5.76. The minimum atomic E-state index is -0.0354. The number of nitrogens with one attached hydrogen (secondary N) is 1. The van der Waals surface area contributed by atoms with Gasteiger partial charge in [-0.1, -0.05) is 30.3 Å². The molecule has 1 aromatic carbocycles. The van der Waals surface area contributed by atoms with Crippen LogP contribution in [0.25, 0.3) is 6.08 Å². The minimum absolute atomic E-state index is 0.0354. The number of hydrogen-bond donors (Lipinski definition) is 1. The number of urea groups is 1. The molecule has 1 saturated heterocycles. The Morgan fingerprint density at radius 1 is 1.30 bits per heavy atom. The summed E-state index contributed by atoms with van der Waals surface area (Å²) < 4.78 is 0. The Kier molecular flexibility index (Phi) is 5.18. The van der Waals surface area contributed by atoms with E-state index in [0.29, 0.717) is 6.04 Å². The van der Waals surface area contributed by atoms with Gasteiger partial charge in [-0.25, -0.2) is 4.79 Å². The molecule has 20 heavy (non-hydrogen) atoms. The zero-order valence-electron chi connectivity index (χ0n) is 12.2. The minimum Gasteiger partial charge on any atom is -0.325 e. The summed E-state index contributed by atoms with van der Waals surface area (Å²) in [6, 6.07) is 10.2. The standard InChI is InChI=1S/C16H23N3O/c1-18-12-9-15(10-13-18)19(2)16(20)17-11-8-14-6-4-3-5-7-14/h3-8,11,15H,9-10,12-13H2,1-2H3,(H,17,20)/b11-8+. The zero-order chi connectivity index (χ0) is 14.4. The SMILES string of the molecule is CN1CCC(N(C)C(=O)N/C=C/c2ccccc2)CC1. The first-order valence-corrected chi connectivity index (χ1v) is 7.10. The van der Waals surface area contributed by atoms with E-state index in [0.717, 1.165) is 31.5 Å². The van der Waals surface area contributed by atoms with Crippen molar-refractivity contribution >= 4 is 12.1 Å². The van der Waals surface area contributed by atoms with Crippen molar-refractivity contribution in [3.63, 3.8) is 0 Å². The Bertz CT molecular complexity index is 450. The average Bonchev–Trinajstić information content (AvgIpc) is 2.48. The molecule has 0 bridgehead atoms. The van der Waals surface area contributed by atoms with Crippen molar-refractivity contribution in [1.29, 1.82) is 0 Å². The Balaban J connectivity index is 1.81. The molecule has 0 saturated carbocycles. The van der Waals surface area contributed by atoms with E-state index in [-0.39, 0.29) is 6.03 Å². The van der Waals surface area contributed by atoms with Gasteiger partial charge in [0.05, 0.1) is 0 Å². The van der Waals surface area contributed by atoms with Crippen LogP contribution >= 0.6 is 0 Å². The van der Waals surface area contributed by atoms with E-state index >= 15 is 0 Å². The molecule has 1 aliphatic rings. The molecule has 1 aromatic rings. The molecule has 108 valence electrons. The molecule has 1 fully saturated rings. The first-order chi connectivity index (χ1) is 9.66. The summed E-state index contributed by atoms with van der Waals surface area (Å²) in [5.41, 5.74) is 1.08. The Morgan fingerprint density at radius 2 is 1.95 bits per heavy atom. The number of nitrogens with zero attached hydrogens (tertiary/aromatic N) is 2. The maximum absolute atomic E-state index is 12.1. The van der Waals surface area contributed by atoms with Crippen LogP contribution in [0.5, 0.6) is 0 Å². The van der Waals surface area contributed by atoms with E-state index in [1.54, 1.807) is 6.20 Å². The second-order valence-corrected chi connectivity index (χ2v) is 5.34. The van der Waals surface area contributed by atoms with Crippen LogP contribution < -0.4 is 5.32 Å². The van der Waals surface area contributed by atoms with Crippen molar-refractivity contribution in [2.24, 2.45) is 0 Å². The molecule has 1 heterocycles. The molecule has 0 radical (unpaired) electrons. The number of carbonyl (C=O) groups excluding carboxylic acids is 1. The van der Waals surface area contributed by atoms with Gasteiger partial charge < -0.3 is 15.1 Å². The first-order valence-electron chi connectivity index (χ1n) is 7.10. The zero-order valence-corrected chi connectivity index (χ0v) is 12.2. The lowest BCUT2D eigenvalue weighted by Gasteiger charge is -2.34. The van der Waals surface area contributed by atoms with Crippen LogP contribution in [0.15, 0.2) is 36.5 Å². The van der Waals surface area contributed by atoms with E-state index < -0.39 is 0 Å². The third kappa shape index (κ3) is 4.10. The van der Waals surface area contributed by atoms with Crippen LogP contribution in [-0.2, 0) is 0 Å². The van der Waals surface area contributed by atoms with Gasteiger partial charge in [-0.2, -0.15) is 0 Å². The summed E-state index contributed by atoms with van der Waals surface area (Å²) in [5.74, 6) is 0. The fourth-order valence-corrected chi connectivity index (χ4v) is 2.42. The van der Waals surface area contributed by atoms with Gasteiger partial charge in [0.1, 0.15) is 0 Å². The lowest BCUT2D eigenvalue weighted by atomic mass is 10.0. The van der Waals surface area contributed by atoms with Crippen molar-refractivity contribution < 1.29 is 4.79 Å². The molecule has 0 aliphatic carbocycles. The topological polar surface area (TPSA) is 35.6 Å². The molecule has 4 nitrogen and oxygen atoms in total. The van der Waals surface area contributed by atoms with Gasteiger partial charge in [-0.15, -0.1) is 0 Å². The molecule has 1 N–H and O–H groups in total. The number of piperidine rings is 1. The summed E-state index contributed by atoms with van der Waals surface area (Å²) in [5, 5.41) is 2.83. The van der Waals surface area contributed by atoms with Crippen LogP contribution in [0.2, 0.25) is 0 Å². The van der Waals surface area contributed by atoms with E-state index in [1.807, 2.05) is 48.4 Å². The molecule has 0 atom stereocenters. The third-order valence-electron chi connectivity index (χ3n) is 3.84. The van der Waals surface area contributed by atoms with Gasteiger partial charge >= 0.3 is 6.03 Å². The van der Waals surface area contributed by atoms with Crippen molar-refractivity contribution in [2.45, 2.75) is 18.9 Å². The number of rotatable bonds is 3. The van der Waals surface area contributed by atoms with Gasteiger partial charge in [-0.3, -0.25) is 0 Å². The lowest BCUT2D eigenvalue weighted by molar-refractivity contribution is 0.150. The summed E-state index contributed by atoms with van der Waals surface area (Å²) in [4.78, 5) is 16.2. The maximum atomic E-state index is 12.1. The molecule has 4 heteroatoms. The van der Waals surface area contributed by atoms with Crippen LogP contribution in [-0.4, -0.2) is 49.1 Å². The van der Waals surface area contributed by atoms with Crippen LogP contribution in [0.3, 0.4) is 0 Å². The molecule has 2 amide bonds. The number of carbonyl (C=O) groups is 1. The summed E-state index contributed by atoms with van der Waals surface area (Å²) in [6.07, 6.45) is 5.70. The summed E-state index contributed by atoms with van der Waals surface area (Å²) >= 11 is 0. The summed E-state index contributed by atoms with van der Waals surface area (Å²) in [6.45, 7) is 2.12. The van der Waals surface area contributed by atoms with Crippen molar-refractivity contribution in [3.05, 3.63) is 42.1 Å². The van der Waals surface area contributed by atoms with Crippen LogP contribution in [0.4, 0.5) is 4.79 Å². The van der Waals surface area contributed by atoms with Gasteiger partial charge in [0.15, 0.2) is 0 Å². The van der Waals surface area contributed by atoms with E-state index in [1.165, 1.54) is 0 Å². The highest BCUT2D eigenvalue weighted by Gasteiger charge is 2.23. The summed E-state index contributed by atoms with van der Waals surface area (Å²) in [7, 11) is 4.00. The fourth-order valence-electron chi connectivity index (χ4n) is 2.42. The predicted molar refractivity (Wildman–Crippen MR) is 82.3 cm³/mol. The lowest BCUT2D eigenvalue weighted by Crippen LogP contribution is -2.47. The molecule has 1 aliphatic heterocycles. The Hall–Kier alpha value is -1.81. The number of likely N-dealkylation sites (tertiary alicyclic amines) is 1. The van der Waals surface area contributed by atoms with Crippen LogP contribution in [0, 0.1) is 0 Å². The smallest absolute Gasteiger partial charge is 0.321 e. The molecule has 2 rings (SSSR count). The molecule has 0 aromatic heterocycles. The van der Waals surface area contributed by atoms with Crippen molar-refractivity contribution in [3.8, 4) is 0 Å². The first kappa shape index (κ1) is 14.6. The van der Waals surface area contributed by atoms with Crippen molar-refractivity contribution in [1.82, 2.24) is 15.1 Å². The van der Waals surface area contributed by atoms with E-state index in [9.17, 15) is 4.79 Å². The van der Waals surface area contributed by atoms with Gasteiger partial charge in [0, 0.05) is 19.3 Å². The van der Waals surface area contributed by atoms with Gasteiger partial charge in [-0.05, 0) is 44.6 Å². The molecule has 0 unspecified atom stereocenters. The molecular formula is C16H23N3O.